The number of methoxy groups -OCH3 is 2. The average Bonchev–Trinajstić information content (AvgIpc) is 2.85. The number of ether oxygens (including phenoxy) is 2. The van der Waals surface area contributed by atoms with Crippen LogP contribution in [0.15, 0.2) is 6.33 Å². The molecule has 114 valence electrons. The first-order valence-corrected chi connectivity index (χ1v) is 6.80. The fourth-order valence-electron chi connectivity index (χ4n) is 1.87. The second-order valence-electron chi connectivity index (χ2n) is 4.15. The number of fused-ring (bicyclic) bond motifs is 1. The van der Waals surface area contributed by atoms with Gasteiger partial charge in [-0.3, -0.25) is 4.79 Å². The summed E-state index contributed by atoms with van der Waals surface area (Å²) in [5.41, 5.74) is 1.000. The molecule has 9 heteroatoms. The van der Waals surface area contributed by atoms with Crippen LogP contribution in [0.4, 0.5) is 0 Å². The quantitative estimate of drug-likeness (QED) is 0.585. The number of hydrogen-bond acceptors (Lipinski definition) is 6. The van der Waals surface area contributed by atoms with Gasteiger partial charge in [0.1, 0.15) is 18.7 Å². The van der Waals surface area contributed by atoms with E-state index in [1.807, 2.05) is 0 Å². The van der Waals surface area contributed by atoms with E-state index in [0.29, 0.717) is 36.0 Å². The van der Waals surface area contributed by atoms with Crippen molar-refractivity contribution in [1.29, 1.82) is 0 Å². The molecule has 0 atom stereocenters. The van der Waals surface area contributed by atoms with Gasteiger partial charge >= 0.3 is 0 Å². The van der Waals surface area contributed by atoms with Crippen molar-refractivity contribution in [3.05, 3.63) is 12.2 Å². The van der Waals surface area contributed by atoms with Gasteiger partial charge in [-0.05, 0) is 0 Å². The number of alkyl halides is 1. The maximum Gasteiger partial charge on any atom is 0.245 e. The highest BCUT2D eigenvalue weighted by Gasteiger charge is 2.17. The zero-order valence-electron chi connectivity index (χ0n) is 11.8. The van der Waals surface area contributed by atoms with Crippen LogP contribution in [-0.2, 0) is 22.0 Å². The first-order chi connectivity index (χ1) is 10.2. The monoisotopic (exact) mass is 313 g/mol. The normalized spacial score (nSPS) is 10.8. The molecule has 0 unspecified atom stereocenters. The van der Waals surface area contributed by atoms with Crippen molar-refractivity contribution in [2.75, 3.05) is 27.4 Å². The number of imidazole rings is 1. The smallest absolute Gasteiger partial charge is 0.245 e. The largest absolute Gasteiger partial charge is 0.479 e. The summed E-state index contributed by atoms with van der Waals surface area (Å²) in [6, 6.07) is 0. The van der Waals surface area contributed by atoms with Gasteiger partial charge in [-0.2, -0.15) is 4.98 Å². The SMILES string of the molecule is COCCNC(=O)Cn1c(CCl)nc2c(OC)ncnc21. The number of carbonyl (C=O) groups is 1. The van der Waals surface area contributed by atoms with E-state index >= 15 is 0 Å². The van der Waals surface area contributed by atoms with Gasteiger partial charge in [0.25, 0.3) is 0 Å². The van der Waals surface area contributed by atoms with Gasteiger partial charge in [0.2, 0.25) is 11.8 Å². The highest BCUT2D eigenvalue weighted by molar-refractivity contribution is 6.16. The Kier molecular flexibility index (Phi) is 5.29. The van der Waals surface area contributed by atoms with Crippen molar-refractivity contribution in [1.82, 2.24) is 24.8 Å². The van der Waals surface area contributed by atoms with Crippen LogP contribution in [0, 0.1) is 0 Å². The van der Waals surface area contributed by atoms with Crippen molar-refractivity contribution < 1.29 is 14.3 Å². The van der Waals surface area contributed by atoms with Crippen LogP contribution in [0.1, 0.15) is 5.82 Å². The van der Waals surface area contributed by atoms with Gasteiger partial charge < -0.3 is 19.4 Å². The highest BCUT2D eigenvalue weighted by Crippen LogP contribution is 2.22. The van der Waals surface area contributed by atoms with Crippen LogP contribution in [0.3, 0.4) is 0 Å². The Morgan fingerprint density at radius 3 is 2.90 bits per heavy atom. The van der Waals surface area contributed by atoms with E-state index in [4.69, 9.17) is 21.1 Å². The molecule has 2 aromatic rings. The molecule has 0 fully saturated rings. The molecule has 1 N–H and O–H groups in total. The Morgan fingerprint density at radius 1 is 1.43 bits per heavy atom. The Labute approximate surface area is 126 Å². The number of rotatable bonds is 7. The average molecular weight is 314 g/mol. The molecule has 0 saturated heterocycles. The standard InChI is InChI=1S/C12H16ClN5O3/c1-20-4-3-14-9(19)6-18-8(5-13)17-10-11(18)15-7-16-12(10)21-2/h7H,3-6H2,1-2H3,(H,14,19). The predicted octanol–water partition coefficient (Wildman–Crippen LogP) is 0.336. The van der Waals surface area contributed by atoms with Crippen molar-refractivity contribution in [2.45, 2.75) is 12.4 Å². The number of hydrogen-bond donors (Lipinski definition) is 1. The van der Waals surface area contributed by atoms with E-state index in [2.05, 4.69) is 20.3 Å². The summed E-state index contributed by atoms with van der Waals surface area (Å²) in [6.45, 7) is 0.966. The lowest BCUT2D eigenvalue weighted by atomic mass is 10.5. The van der Waals surface area contributed by atoms with Crippen molar-refractivity contribution in [3.8, 4) is 5.88 Å². The fraction of sp³-hybridized carbons (Fsp3) is 0.500. The zero-order valence-corrected chi connectivity index (χ0v) is 12.6. The predicted molar refractivity (Wildman–Crippen MR) is 76.3 cm³/mol. The maximum atomic E-state index is 11.9. The molecule has 0 saturated carbocycles. The summed E-state index contributed by atoms with van der Waals surface area (Å²) < 4.78 is 11.7. The summed E-state index contributed by atoms with van der Waals surface area (Å²) in [7, 11) is 3.07. The molecule has 8 nitrogen and oxygen atoms in total. The summed E-state index contributed by atoms with van der Waals surface area (Å²) in [4.78, 5) is 24.4. The number of nitrogens with one attached hydrogen (secondary N) is 1. The van der Waals surface area contributed by atoms with E-state index in [-0.39, 0.29) is 18.3 Å². The van der Waals surface area contributed by atoms with Gasteiger partial charge in [-0.1, -0.05) is 0 Å². The first-order valence-electron chi connectivity index (χ1n) is 6.27. The lowest BCUT2D eigenvalue weighted by Gasteiger charge is -2.08. The van der Waals surface area contributed by atoms with Crippen LogP contribution in [-0.4, -0.2) is 52.8 Å². The summed E-state index contributed by atoms with van der Waals surface area (Å²) in [5.74, 6) is 0.873. The Morgan fingerprint density at radius 2 is 2.24 bits per heavy atom. The van der Waals surface area contributed by atoms with E-state index in [1.165, 1.54) is 13.4 Å². The Bertz CT molecular complexity index is 631. The third kappa shape index (κ3) is 3.40. The number of nitrogens with zero attached hydrogens (tertiary/aromatic N) is 4. The van der Waals surface area contributed by atoms with E-state index in [0.717, 1.165) is 0 Å². The van der Waals surface area contributed by atoms with E-state index in [1.54, 1.807) is 11.7 Å². The van der Waals surface area contributed by atoms with Crippen LogP contribution in [0.25, 0.3) is 11.2 Å². The molecule has 0 aliphatic carbocycles. The molecular weight excluding hydrogens is 298 g/mol. The minimum atomic E-state index is -0.171. The van der Waals surface area contributed by atoms with Crippen molar-refractivity contribution >= 4 is 28.7 Å². The van der Waals surface area contributed by atoms with Gasteiger partial charge in [0.05, 0.1) is 19.6 Å². The molecule has 0 aliphatic heterocycles. The number of aromatic nitrogens is 4. The number of halogens is 1. The molecule has 0 aliphatic rings. The van der Waals surface area contributed by atoms with Gasteiger partial charge in [0, 0.05) is 13.7 Å². The minimum absolute atomic E-state index is 0.0719. The molecule has 1 amide bonds. The summed E-state index contributed by atoms with van der Waals surface area (Å²) in [6.07, 6.45) is 1.36. The minimum Gasteiger partial charge on any atom is -0.479 e. The summed E-state index contributed by atoms with van der Waals surface area (Å²) >= 11 is 5.89. The highest BCUT2D eigenvalue weighted by atomic mass is 35.5. The first kappa shape index (κ1) is 15.5. The molecule has 0 radical (unpaired) electrons. The summed E-state index contributed by atoms with van der Waals surface area (Å²) in [5, 5.41) is 2.74. The topological polar surface area (TPSA) is 91.2 Å². The van der Waals surface area contributed by atoms with Gasteiger partial charge in [-0.25, -0.2) is 9.97 Å². The van der Waals surface area contributed by atoms with E-state index in [9.17, 15) is 4.79 Å². The van der Waals surface area contributed by atoms with Crippen LogP contribution >= 0.6 is 11.6 Å². The lowest BCUT2D eigenvalue weighted by Crippen LogP contribution is -2.30. The van der Waals surface area contributed by atoms with Crippen LogP contribution in [0.2, 0.25) is 0 Å². The molecule has 0 spiro atoms. The van der Waals surface area contributed by atoms with Gasteiger partial charge in [-0.15, -0.1) is 11.6 Å². The lowest BCUT2D eigenvalue weighted by molar-refractivity contribution is -0.121. The molecule has 2 aromatic heterocycles. The number of amides is 1. The fourth-order valence-corrected chi connectivity index (χ4v) is 2.07. The van der Waals surface area contributed by atoms with Crippen molar-refractivity contribution in [3.63, 3.8) is 0 Å². The second-order valence-corrected chi connectivity index (χ2v) is 4.41. The van der Waals surface area contributed by atoms with Crippen molar-refractivity contribution in [2.24, 2.45) is 0 Å². The van der Waals surface area contributed by atoms with Crippen LogP contribution < -0.4 is 10.1 Å². The Balaban J connectivity index is 2.27. The van der Waals surface area contributed by atoms with Gasteiger partial charge in [0.15, 0.2) is 11.2 Å². The molecule has 21 heavy (non-hydrogen) atoms. The molecular formula is C12H16ClN5O3. The number of carbonyl (C=O) groups excluding carboxylic acids is 1. The maximum absolute atomic E-state index is 11.9. The Hall–Kier alpha value is -1.93. The van der Waals surface area contributed by atoms with Crippen LogP contribution in [0.5, 0.6) is 5.88 Å². The third-order valence-corrected chi connectivity index (χ3v) is 3.06. The molecule has 2 rings (SSSR count). The molecule has 0 aromatic carbocycles. The molecule has 0 bridgehead atoms. The third-order valence-electron chi connectivity index (χ3n) is 2.82. The second kappa shape index (κ2) is 7.19. The molecule has 2 heterocycles. The van der Waals surface area contributed by atoms with E-state index < -0.39 is 0 Å². The zero-order chi connectivity index (χ0) is 15.2.